The molecule has 0 saturated carbocycles. The number of nitrogens with zero attached hydrogens (tertiary/aromatic N) is 1. The summed E-state index contributed by atoms with van der Waals surface area (Å²) in [4.78, 5) is 17.6. The molecule has 2 aromatic carbocycles. The Hall–Kier alpha value is -2.33. The lowest BCUT2D eigenvalue weighted by Gasteiger charge is -2.04. The lowest BCUT2D eigenvalue weighted by molar-refractivity contribution is -0.115. The van der Waals surface area contributed by atoms with Gasteiger partial charge in [-0.25, -0.2) is 4.99 Å². The lowest BCUT2D eigenvalue weighted by Crippen LogP contribution is -2.19. The summed E-state index contributed by atoms with van der Waals surface area (Å²) in [5.74, 6) is -0.0918. The summed E-state index contributed by atoms with van der Waals surface area (Å²) < 4.78 is 0. The molecule has 0 spiro atoms. The van der Waals surface area contributed by atoms with Crippen molar-refractivity contribution < 1.29 is 4.79 Å². The third-order valence-corrected chi connectivity index (χ3v) is 4.93. The third kappa shape index (κ3) is 3.44. The van der Waals surface area contributed by atoms with Crippen molar-refractivity contribution in [2.75, 3.05) is 0 Å². The Labute approximate surface area is 146 Å². The van der Waals surface area contributed by atoms with Crippen LogP contribution in [-0.4, -0.2) is 11.1 Å². The van der Waals surface area contributed by atoms with Gasteiger partial charge in [-0.05, 0) is 67.8 Å². The first-order chi connectivity index (χ1) is 11.4. The Balaban J connectivity index is 1.92. The fourth-order valence-corrected chi connectivity index (χ4v) is 3.44. The fraction of sp³-hybridized carbons (Fsp3) is 0.200. The Bertz CT molecular complexity index is 861. The molecule has 4 heteroatoms. The Morgan fingerprint density at radius 3 is 2.42 bits per heavy atom. The van der Waals surface area contributed by atoms with Crippen LogP contribution in [0.1, 0.15) is 27.8 Å². The van der Waals surface area contributed by atoms with Gasteiger partial charge in [0, 0.05) is 0 Å². The summed E-state index contributed by atoms with van der Waals surface area (Å²) >= 11 is 1.39. The zero-order valence-corrected chi connectivity index (χ0v) is 15.1. The number of amidine groups is 1. The van der Waals surface area contributed by atoms with Crippen LogP contribution >= 0.6 is 11.8 Å². The van der Waals surface area contributed by atoms with Gasteiger partial charge in [0.1, 0.15) is 0 Å². The van der Waals surface area contributed by atoms with Crippen molar-refractivity contribution in [2.24, 2.45) is 4.99 Å². The summed E-state index contributed by atoms with van der Waals surface area (Å²) in [6, 6.07) is 12.3. The van der Waals surface area contributed by atoms with E-state index in [1.807, 2.05) is 38.1 Å². The number of carbonyl (C=O) groups is 1. The van der Waals surface area contributed by atoms with Crippen LogP contribution in [0.4, 0.5) is 5.69 Å². The molecule has 1 aliphatic heterocycles. The van der Waals surface area contributed by atoms with Crippen molar-refractivity contribution in [2.45, 2.75) is 27.7 Å². The highest BCUT2D eigenvalue weighted by Gasteiger charge is 2.24. The van der Waals surface area contributed by atoms with Gasteiger partial charge in [-0.2, -0.15) is 0 Å². The van der Waals surface area contributed by atoms with E-state index in [2.05, 4.69) is 42.4 Å². The molecule has 0 atom stereocenters. The Kier molecular flexibility index (Phi) is 4.58. The smallest absolute Gasteiger partial charge is 0.264 e. The Morgan fingerprint density at radius 1 is 1.00 bits per heavy atom. The maximum Gasteiger partial charge on any atom is 0.264 e. The normalized spacial score (nSPS) is 17.6. The zero-order valence-electron chi connectivity index (χ0n) is 14.3. The molecule has 1 heterocycles. The molecule has 1 aliphatic rings. The summed E-state index contributed by atoms with van der Waals surface area (Å²) in [5, 5.41) is 3.50. The van der Waals surface area contributed by atoms with E-state index in [9.17, 15) is 4.79 Å². The molecule has 1 fully saturated rings. The van der Waals surface area contributed by atoms with Crippen molar-refractivity contribution in [1.82, 2.24) is 5.32 Å². The number of hydrogen-bond donors (Lipinski definition) is 1. The highest BCUT2D eigenvalue weighted by atomic mass is 32.2. The highest BCUT2D eigenvalue weighted by molar-refractivity contribution is 8.18. The molecule has 24 heavy (non-hydrogen) atoms. The number of aliphatic imine (C=N–C) groups is 1. The van der Waals surface area contributed by atoms with E-state index in [0.717, 1.165) is 27.9 Å². The van der Waals surface area contributed by atoms with Gasteiger partial charge in [0.15, 0.2) is 5.17 Å². The second-order valence-electron chi connectivity index (χ2n) is 6.08. The number of thioether (sulfide) groups is 1. The zero-order chi connectivity index (χ0) is 17.3. The quantitative estimate of drug-likeness (QED) is 0.800. The SMILES string of the molecule is Cc1ccc(C)c(/C=C2\SC(=Nc3c(C)cccc3C)NC2=O)c1. The fourth-order valence-electron chi connectivity index (χ4n) is 2.62. The van der Waals surface area contributed by atoms with Crippen LogP contribution in [0.2, 0.25) is 0 Å². The molecule has 0 unspecified atom stereocenters. The summed E-state index contributed by atoms with van der Waals surface area (Å²) in [6.45, 7) is 8.16. The van der Waals surface area contributed by atoms with Crippen LogP contribution in [0.15, 0.2) is 46.3 Å². The van der Waals surface area contributed by atoms with Crippen molar-refractivity contribution in [3.05, 3.63) is 69.1 Å². The first-order valence-electron chi connectivity index (χ1n) is 7.87. The summed E-state index contributed by atoms with van der Waals surface area (Å²) in [6.07, 6.45) is 1.94. The van der Waals surface area contributed by atoms with E-state index in [4.69, 9.17) is 0 Å². The van der Waals surface area contributed by atoms with Crippen LogP contribution in [-0.2, 0) is 4.79 Å². The van der Waals surface area contributed by atoms with Gasteiger partial charge < -0.3 is 5.32 Å². The average molecular weight is 336 g/mol. The predicted molar refractivity (Wildman–Crippen MR) is 103 cm³/mol. The average Bonchev–Trinajstić information content (AvgIpc) is 2.87. The van der Waals surface area contributed by atoms with Gasteiger partial charge in [0.25, 0.3) is 5.91 Å². The van der Waals surface area contributed by atoms with Gasteiger partial charge in [-0.15, -0.1) is 0 Å². The maximum atomic E-state index is 12.3. The Morgan fingerprint density at radius 2 is 1.71 bits per heavy atom. The van der Waals surface area contributed by atoms with Crippen LogP contribution in [0.3, 0.4) is 0 Å². The molecule has 0 radical (unpaired) electrons. The minimum Gasteiger partial charge on any atom is -0.300 e. The molecule has 1 N–H and O–H groups in total. The van der Waals surface area contributed by atoms with Crippen LogP contribution in [0.5, 0.6) is 0 Å². The number of benzene rings is 2. The number of amides is 1. The van der Waals surface area contributed by atoms with Gasteiger partial charge in [0.2, 0.25) is 0 Å². The summed E-state index contributed by atoms with van der Waals surface area (Å²) in [5.41, 5.74) is 6.53. The van der Waals surface area contributed by atoms with Crippen LogP contribution in [0, 0.1) is 27.7 Å². The van der Waals surface area contributed by atoms with Crippen LogP contribution < -0.4 is 5.32 Å². The summed E-state index contributed by atoms with van der Waals surface area (Å²) in [7, 11) is 0. The predicted octanol–water partition coefficient (Wildman–Crippen LogP) is 4.81. The number of nitrogens with one attached hydrogen (secondary N) is 1. The van der Waals surface area contributed by atoms with Crippen LogP contribution in [0.25, 0.3) is 6.08 Å². The number of aryl methyl sites for hydroxylation is 4. The van der Waals surface area contributed by atoms with E-state index >= 15 is 0 Å². The van der Waals surface area contributed by atoms with Crippen molar-refractivity contribution in [1.29, 1.82) is 0 Å². The topological polar surface area (TPSA) is 41.5 Å². The third-order valence-electron chi connectivity index (χ3n) is 4.03. The second kappa shape index (κ2) is 6.65. The standard InChI is InChI=1S/C20H20N2OS/c1-12-8-9-13(2)16(10-12)11-17-19(23)22-20(24-17)21-18-14(3)6-5-7-15(18)4/h5-11H,1-4H3,(H,21,22,23)/b17-11-. The van der Waals surface area contributed by atoms with Gasteiger partial charge in [0.05, 0.1) is 10.6 Å². The monoisotopic (exact) mass is 336 g/mol. The molecule has 3 nitrogen and oxygen atoms in total. The van der Waals surface area contributed by atoms with E-state index < -0.39 is 0 Å². The minimum atomic E-state index is -0.0918. The molecule has 122 valence electrons. The van der Waals surface area contributed by atoms with Crippen molar-refractivity contribution in [3.63, 3.8) is 0 Å². The van der Waals surface area contributed by atoms with E-state index in [-0.39, 0.29) is 5.91 Å². The minimum absolute atomic E-state index is 0.0918. The first kappa shape index (κ1) is 16.5. The molecule has 0 bridgehead atoms. The molecule has 0 aliphatic carbocycles. The molecule has 1 saturated heterocycles. The molecule has 1 amide bonds. The van der Waals surface area contributed by atoms with E-state index in [1.165, 1.54) is 17.3 Å². The number of para-hydroxylation sites is 1. The van der Waals surface area contributed by atoms with Gasteiger partial charge in [-0.3, -0.25) is 4.79 Å². The maximum absolute atomic E-state index is 12.3. The number of rotatable bonds is 2. The molecule has 2 aromatic rings. The van der Waals surface area contributed by atoms with E-state index in [0.29, 0.717) is 10.1 Å². The molecule has 0 aromatic heterocycles. The van der Waals surface area contributed by atoms with Gasteiger partial charge in [-0.1, -0.05) is 42.0 Å². The number of carbonyl (C=O) groups excluding carboxylic acids is 1. The molecular formula is C20H20N2OS. The van der Waals surface area contributed by atoms with Crippen molar-refractivity contribution >= 4 is 34.6 Å². The van der Waals surface area contributed by atoms with Gasteiger partial charge >= 0.3 is 0 Å². The molecular weight excluding hydrogens is 316 g/mol. The lowest BCUT2D eigenvalue weighted by atomic mass is 10.1. The largest absolute Gasteiger partial charge is 0.300 e. The molecule has 3 rings (SSSR count). The first-order valence-corrected chi connectivity index (χ1v) is 8.69. The number of hydrogen-bond acceptors (Lipinski definition) is 3. The second-order valence-corrected chi connectivity index (χ2v) is 7.11. The van der Waals surface area contributed by atoms with E-state index in [1.54, 1.807) is 0 Å². The highest BCUT2D eigenvalue weighted by Crippen LogP contribution is 2.31. The van der Waals surface area contributed by atoms with Crippen molar-refractivity contribution in [3.8, 4) is 0 Å².